The lowest BCUT2D eigenvalue weighted by Gasteiger charge is -2.14. The maximum Gasteiger partial charge on any atom is 0.242 e. The monoisotopic (exact) mass is 265 g/mol. The zero-order chi connectivity index (χ0) is 13.7. The van der Waals surface area contributed by atoms with Crippen LogP contribution < -0.4 is 10.6 Å². The molecule has 0 aliphatic heterocycles. The summed E-state index contributed by atoms with van der Waals surface area (Å²) in [7, 11) is 1.58. The van der Waals surface area contributed by atoms with Gasteiger partial charge in [0, 0.05) is 13.7 Å². The third-order valence-electron chi connectivity index (χ3n) is 2.47. The van der Waals surface area contributed by atoms with Crippen LogP contribution in [0.15, 0.2) is 12.4 Å². The molecule has 0 saturated heterocycles. The van der Waals surface area contributed by atoms with Gasteiger partial charge in [-0.3, -0.25) is 9.78 Å². The Kier molecular flexibility index (Phi) is 4.18. The van der Waals surface area contributed by atoms with Gasteiger partial charge in [0.2, 0.25) is 5.91 Å². The Morgan fingerprint density at radius 3 is 3.16 bits per heavy atom. The van der Waals surface area contributed by atoms with Crippen molar-refractivity contribution in [1.29, 1.82) is 0 Å². The van der Waals surface area contributed by atoms with Crippen LogP contribution in [0.4, 0.5) is 5.82 Å². The van der Waals surface area contributed by atoms with Gasteiger partial charge in [-0.05, 0) is 17.4 Å². The number of methoxy groups -OCH3 is 1. The van der Waals surface area contributed by atoms with Crippen LogP contribution in [0.25, 0.3) is 5.65 Å². The number of nitrogens with one attached hydrogen (secondary N) is 2. The Balaban J connectivity index is 2.00. The average molecular weight is 265 g/mol. The fraction of sp³-hybridized carbons (Fsp3) is 0.500. The number of hydrogen-bond donors (Lipinski definition) is 2. The van der Waals surface area contributed by atoms with Crippen molar-refractivity contribution >= 4 is 17.4 Å². The van der Waals surface area contributed by atoms with Crippen LogP contribution >= 0.6 is 0 Å². The van der Waals surface area contributed by atoms with E-state index in [9.17, 15) is 4.79 Å². The minimum Gasteiger partial charge on any atom is -0.383 e. The van der Waals surface area contributed by atoms with E-state index in [0.717, 1.165) is 0 Å². The van der Waals surface area contributed by atoms with Crippen LogP contribution in [0.2, 0.25) is 0 Å². The van der Waals surface area contributed by atoms with Gasteiger partial charge in [-0.25, -0.2) is 0 Å². The molecule has 0 spiro atoms. The zero-order valence-corrected chi connectivity index (χ0v) is 10.7. The first kappa shape index (κ1) is 13.1. The molecule has 1 unspecified atom stereocenters. The number of fused-ring (bicyclic) bond motifs is 1. The lowest BCUT2D eigenvalue weighted by Crippen LogP contribution is -2.39. The normalized spacial score (nSPS) is 12.3. The summed E-state index contributed by atoms with van der Waals surface area (Å²) in [6.45, 7) is 2.68. The number of aromatic nitrogens is 5. The van der Waals surface area contributed by atoms with E-state index in [4.69, 9.17) is 4.74 Å². The first-order chi connectivity index (χ1) is 9.22. The van der Waals surface area contributed by atoms with Crippen LogP contribution in [-0.4, -0.2) is 57.2 Å². The Hall–Kier alpha value is -2.29. The largest absolute Gasteiger partial charge is 0.383 e. The summed E-state index contributed by atoms with van der Waals surface area (Å²) in [4.78, 5) is 15.8. The summed E-state index contributed by atoms with van der Waals surface area (Å²) < 4.78 is 6.34. The maximum atomic E-state index is 11.8. The Bertz CT molecular complexity index is 556. The number of amides is 1. The number of anilines is 1. The van der Waals surface area contributed by atoms with E-state index in [-0.39, 0.29) is 5.91 Å². The fourth-order valence-electron chi connectivity index (χ4n) is 1.49. The minimum atomic E-state index is -0.437. The lowest BCUT2D eigenvalue weighted by molar-refractivity contribution is -0.121. The second kappa shape index (κ2) is 6.05. The first-order valence-corrected chi connectivity index (χ1v) is 5.77. The van der Waals surface area contributed by atoms with Crippen molar-refractivity contribution in [3.63, 3.8) is 0 Å². The molecule has 0 aliphatic carbocycles. The third kappa shape index (κ3) is 3.13. The Morgan fingerprint density at radius 1 is 1.53 bits per heavy atom. The molecule has 0 fully saturated rings. The average Bonchev–Trinajstić information content (AvgIpc) is 2.88. The second-order valence-corrected chi connectivity index (χ2v) is 3.89. The molecule has 102 valence electrons. The highest BCUT2D eigenvalue weighted by molar-refractivity contribution is 5.83. The molecule has 0 aromatic carbocycles. The predicted octanol–water partition coefficient (Wildman–Crippen LogP) is -0.918. The van der Waals surface area contributed by atoms with E-state index in [1.54, 1.807) is 20.2 Å². The van der Waals surface area contributed by atoms with Gasteiger partial charge >= 0.3 is 0 Å². The van der Waals surface area contributed by atoms with Gasteiger partial charge < -0.3 is 15.4 Å². The molecular weight excluding hydrogens is 250 g/mol. The van der Waals surface area contributed by atoms with E-state index >= 15 is 0 Å². The molecule has 0 radical (unpaired) electrons. The molecule has 2 N–H and O–H groups in total. The molecular formula is C10H15N7O2. The fourth-order valence-corrected chi connectivity index (χ4v) is 1.49. The molecule has 1 amide bonds. The molecule has 19 heavy (non-hydrogen) atoms. The number of ether oxygens (including phenoxy) is 1. The quantitative estimate of drug-likeness (QED) is 0.651. The molecule has 0 saturated carbocycles. The Labute approximate surface area is 109 Å². The maximum absolute atomic E-state index is 11.8. The summed E-state index contributed by atoms with van der Waals surface area (Å²) >= 11 is 0. The van der Waals surface area contributed by atoms with Gasteiger partial charge in [0.1, 0.15) is 6.04 Å². The van der Waals surface area contributed by atoms with Crippen LogP contribution in [0.1, 0.15) is 6.92 Å². The van der Waals surface area contributed by atoms with Gasteiger partial charge in [-0.1, -0.05) is 0 Å². The number of carbonyl (C=O) groups excluding carboxylic acids is 1. The van der Waals surface area contributed by atoms with Gasteiger partial charge in [-0.15, -0.1) is 5.10 Å². The number of rotatable bonds is 6. The third-order valence-corrected chi connectivity index (χ3v) is 2.47. The van der Waals surface area contributed by atoms with E-state index in [1.165, 1.54) is 10.7 Å². The van der Waals surface area contributed by atoms with Crippen molar-refractivity contribution in [3.05, 3.63) is 12.4 Å². The van der Waals surface area contributed by atoms with E-state index < -0.39 is 6.04 Å². The van der Waals surface area contributed by atoms with Gasteiger partial charge in [0.05, 0.1) is 19.0 Å². The first-order valence-electron chi connectivity index (χ1n) is 5.77. The van der Waals surface area contributed by atoms with Crippen LogP contribution in [0.3, 0.4) is 0 Å². The van der Waals surface area contributed by atoms with Crippen molar-refractivity contribution in [2.75, 3.05) is 25.6 Å². The number of carbonyl (C=O) groups is 1. The standard InChI is InChI=1S/C10H15N7O2/c1-7(10(18)12-3-4-19-2)13-8-5-11-6-9-14-15-16-17(8)9/h5-7,13H,3-4H2,1-2H3,(H,12,18). The molecule has 2 heterocycles. The second-order valence-electron chi connectivity index (χ2n) is 3.89. The van der Waals surface area contributed by atoms with E-state index in [1.807, 2.05) is 0 Å². The van der Waals surface area contributed by atoms with Crippen molar-refractivity contribution in [1.82, 2.24) is 30.3 Å². The highest BCUT2D eigenvalue weighted by atomic mass is 16.5. The van der Waals surface area contributed by atoms with Gasteiger partial charge in [0.15, 0.2) is 11.5 Å². The van der Waals surface area contributed by atoms with Crippen molar-refractivity contribution in [2.24, 2.45) is 0 Å². The van der Waals surface area contributed by atoms with Crippen LogP contribution in [0.5, 0.6) is 0 Å². The minimum absolute atomic E-state index is 0.137. The number of tetrazole rings is 1. The summed E-state index contributed by atoms with van der Waals surface area (Å²) in [5.41, 5.74) is 0.511. The van der Waals surface area contributed by atoms with E-state index in [0.29, 0.717) is 24.6 Å². The van der Waals surface area contributed by atoms with Crippen LogP contribution in [-0.2, 0) is 9.53 Å². The van der Waals surface area contributed by atoms with Gasteiger partial charge in [0.25, 0.3) is 0 Å². The zero-order valence-electron chi connectivity index (χ0n) is 10.7. The highest BCUT2D eigenvalue weighted by Crippen LogP contribution is 2.07. The molecule has 0 aliphatic rings. The number of nitrogens with zero attached hydrogens (tertiary/aromatic N) is 5. The molecule has 0 bridgehead atoms. The smallest absolute Gasteiger partial charge is 0.242 e. The summed E-state index contributed by atoms with van der Waals surface area (Å²) in [5.74, 6) is 0.416. The molecule has 1 atom stereocenters. The van der Waals surface area contributed by atoms with Gasteiger partial charge in [-0.2, -0.15) is 4.52 Å². The van der Waals surface area contributed by atoms with Crippen molar-refractivity contribution < 1.29 is 9.53 Å². The molecule has 9 nitrogen and oxygen atoms in total. The Morgan fingerprint density at radius 2 is 2.37 bits per heavy atom. The lowest BCUT2D eigenvalue weighted by atomic mass is 10.3. The van der Waals surface area contributed by atoms with Crippen LogP contribution in [0, 0.1) is 0 Å². The molecule has 9 heteroatoms. The SMILES string of the molecule is COCCNC(=O)C(C)Nc1cncc2nnnn12. The topological polar surface area (TPSA) is 106 Å². The molecule has 2 aromatic rings. The molecule has 2 rings (SSSR count). The summed E-state index contributed by atoms with van der Waals surface area (Å²) in [6.07, 6.45) is 3.09. The summed E-state index contributed by atoms with van der Waals surface area (Å²) in [6, 6.07) is -0.437. The van der Waals surface area contributed by atoms with E-state index in [2.05, 4.69) is 31.1 Å². The highest BCUT2D eigenvalue weighted by Gasteiger charge is 2.14. The predicted molar refractivity (Wildman–Crippen MR) is 66.5 cm³/mol. The van der Waals surface area contributed by atoms with Crippen molar-refractivity contribution in [2.45, 2.75) is 13.0 Å². The number of hydrogen-bond acceptors (Lipinski definition) is 7. The molecule has 2 aromatic heterocycles. The van der Waals surface area contributed by atoms with Crippen molar-refractivity contribution in [3.8, 4) is 0 Å². The summed E-state index contributed by atoms with van der Waals surface area (Å²) in [5, 5.41) is 16.9.